The SMILES string of the molecule is Nc1cc(C2(C(=O)O)CCCC2)[nH]n1. The van der Waals surface area contributed by atoms with Crippen molar-refractivity contribution in [2.24, 2.45) is 0 Å². The molecule has 0 atom stereocenters. The van der Waals surface area contributed by atoms with Crippen molar-refractivity contribution in [3.05, 3.63) is 11.8 Å². The van der Waals surface area contributed by atoms with Crippen LogP contribution >= 0.6 is 0 Å². The van der Waals surface area contributed by atoms with Crippen LogP contribution in [0.5, 0.6) is 0 Å². The summed E-state index contributed by atoms with van der Waals surface area (Å²) in [5.74, 6) is -0.425. The lowest BCUT2D eigenvalue weighted by molar-refractivity contribution is -0.143. The fraction of sp³-hybridized carbons (Fsp3) is 0.556. The first-order valence-electron chi connectivity index (χ1n) is 4.70. The van der Waals surface area contributed by atoms with Crippen molar-refractivity contribution in [1.29, 1.82) is 0 Å². The van der Waals surface area contributed by atoms with E-state index in [0.717, 1.165) is 12.8 Å². The topological polar surface area (TPSA) is 92.0 Å². The van der Waals surface area contributed by atoms with Crippen LogP contribution in [-0.2, 0) is 10.2 Å². The Morgan fingerprint density at radius 3 is 2.64 bits per heavy atom. The molecular formula is C9H13N3O2. The standard InChI is InChI=1S/C9H13N3O2/c10-7-5-6(11-12-7)9(8(13)14)3-1-2-4-9/h5H,1-4H2,(H,13,14)(H3,10,11,12). The second-order valence-corrected chi connectivity index (χ2v) is 3.80. The Balaban J connectivity index is 2.41. The van der Waals surface area contributed by atoms with E-state index in [9.17, 15) is 9.90 Å². The fourth-order valence-corrected chi connectivity index (χ4v) is 2.16. The molecule has 0 unspecified atom stereocenters. The number of aromatic amines is 1. The van der Waals surface area contributed by atoms with Crippen LogP contribution < -0.4 is 5.73 Å². The second-order valence-electron chi connectivity index (χ2n) is 3.80. The number of anilines is 1. The van der Waals surface area contributed by atoms with E-state index in [2.05, 4.69) is 10.2 Å². The van der Waals surface area contributed by atoms with E-state index < -0.39 is 11.4 Å². The molecule has 2 rings (SSSR count). The van der Waals surface area contributed by atoms with Gasteiger partial charge in [0.15, 0.2) is 0 Å². The maximum Gasteiger partial charge on any atom is 0.315 e. The van der Waals surface area contributed by atoms with Gasteiger partial charge in [-0.1, -0.05) is 12.8 Å². The molecule has 0 aromatic carbocycles. The molecule has 5 nitrogen and oxygen atoms in total. The van der Waals surface area contributed by atoms with E-state index in [-0.39, 0.29) is 0 Å². The van der Waals surface area contributed by atoms with Crippen LogP contribution in [0.25, 0.3) is 0 Å². The number of H-pyrrole nitrogens is 1. The number of carboxylic acids is 1. The molecule has 1 aromatic heterocycles. The number of aromatic nitrogens is 2. The molecule has 0 radical (unpaired) electrons. The van der Waals surface area contributed by atoms with E-state index in [1.807, 2.05) is 0 Å². The third-order valence-electron chi connectivity index (χ3n) is 2.98. The van der Waals surface area contributed by atoms with E-state index in [4.69, 9.17) is 5.73 Å². The van der Waals surface area contributed by atoms with E-state index in [0.29, 0.717) is 24.4 Å². The summed E-state index contributed by atoms with van der Waals surface area (Å²) in [7, 11) is 0. The molecule has 0 bridgehead atoms. The highest BCUT2D eigenvalue weighted by Gasteiger charge is 2.44. The smallest absolute Gasteiger partial charge is 0.315 e. The van der Waals surface area contributed by atoms with Gasteiger partial charge in [-0.05, 0) is 12.8 Å². The first-order valence-corrected chi connectivity index (χ1v) is 4.70. The Hall–Kier alpha value is -1.52. The van der Waals surface area contributed by atoms with Crippen LogP contribution in [0.4, 0.5) is 5.82 Å². The van der Waals surface area contributed by atoms with Crippen LogP contribution in [0.1, 0.15) is 31.4 Å². The quantitative estimate of drug-likeness (QED) is 0.653. The average Bonchev–Trinajstić information content (AvgIpc) is 2.71. The summed E-state index contributed by atoms with van der Waals surface area (Å²) in [6, 6.07) is 1.62. The highest BCUT2D eigenvalue weighted by molar-refractivity contribution is 5.81. The summed E-state index contributed by atoms with van der Waals surface area (Å²) in [5, 5.41) is 15.7. The van der Waals surface area contributed by atoms with Crippen LogP contribution in [-0.4, -0.2) is 21.3 Å². The second kappa shape index (κ2) is 3.01. The number of nitrogens with one attached hydrogen (secondary N) is 1. The van der Waals surface area contributed by atoms with Crippen molar-refractivity contribution in [1.82, 2.24) is 10.2 Å². The minimum Gasteiger partial charge on any atom is -0.481 e. The first kappa shape index (κ1) is 9.05. The Bertz CT molecular complexity index is 353. The minimum atomic E-state index is -0.779. The highest BCUT2D eigenvalue weighted by Crippen LogP contribution is 2.40. The number of rotatable bonds is 2. The normalized spacial score (nSPS) is 19.7. The number of hydrogen-bond donors (Lipinski definition) is 3. The van der Waals surface area contributed by atoms with Gasteiger partial charge in [-0.15, -0.1) is 0 Å². The molecule has 5 heteroatoms. The predicted molar refractivity (Wildman–Crippen MR) is 50.8 cm³/mol. The lowest BCUT2D eigenvalue weighted by Crippen LogP contribution is -2.33. The third kappa shape index (κ3) is 1.16. The van der Waals surface area contributed by atoms with E-state index in [1.54, 1.807) is 6.07 Å². The number of aliphatic carboxylic acids is 1. The number of hydrogen-bond acceptors (Lipinski definition) is 3. The Labute approximate surface area is 81.3 Å². The molecule has 0 amide bonds. The van der Waals surface area contributed by atoms with Crippen LogP contribution in [0.3, 0.4) is 0 Å². The molecule has 1 fully saturated rings. The van der Waals surface area contributed by atoms with E-state index in [1.165, 1.54) is 0 Å². The third-order valence-corrected chi connectivity index (χ3v) is 2.98. The average molecular weight is 195 g/mol. The van der Waals surface area contributed by atoms with Gasteiger partial charge in [0.25, 0.3) is 0 Å². The van der Waals surface area contributed by atoms with Gasteiger partial charge in [0, 0.05) is 6.07 Å². The van der Waals surface area contributed by atoms with Crippen molar-refractivity contribution in [2.75, 3.05) is 5.73 Å². The molecule has 4 N–H and O–H groups in total. The summed E-state index contributed by atoms with van der Waals surface area (Å²) in [4.78, 5) is 11.2. The van der Waals surface area contributed by atoms with Gasteiger partial charge in [-0.2, -0.15) is 5.10 Å². The molecule has 1 saturated carbocycles. The van der Waals surface area contributed by atoms with Crippen molar-refractivity contribution in [3.8, 4) is 0 Å². The zero-order chi connectivity index (χ0) is 10.2. The molecule has 0 aliphatic heterocycles. The Morgan fingerprint density at radius 2 is 2.21 bits per heavy atom. The number of carbonyl (C=O) groups is 1. The Kier molecular flexibility index (Phi) is 1.94. The van der Waals surface area contributed by atoms with Gasteiger partial charge in [0.1, 0.15) is 11.2 Å². The van der Waals surface area contributed by atoms with Gasteiger partial charge >= 0.3 is 5.97 Å². The van der Waals surface area contributed by atoms with Crippen molar-refractivity contribution in [3.63, 3.8) is 0 Å². The van der Waals surface area contributed by atoms with Crippen molar-refractivity contribution >= 4 is 11.8 Å². The molecular weight excluding hydrogens is 182 g/mol. The van der Waals surface area contributed by atoms with Gasteiger partial charge in [-0.3, -0.25) is 9.89 Å². The lowest BCUT2D eigenvalue weighted by atomic mass is 9.83. The molecule has 1 aliphatic carbocycles. The van der Waals surface area contributed by atoms with Crippen LogP contribution in [0.2, 0.25) is 0 Å². The maximum absolute atomic E-state index is 11.2. The highest BCUT2D eigenvalue weighted by atomic mass is 16.4. The fourth-order valence-electron chi connectivity index (χ4n) is 2.16. The Morgan fingerprint density at radius 1 is 1.57 bits per heavy atom. The summed E-state index contributed by atoms with van der Waals surface area (Å²) in [6.45, 7) is 0. The first-order chi connectivity index (χ1) is 6.65. The van der Waals surface area contributed by atoms with Gasteiger partial charge in [0.2, 0.25) is 0 Å². The molecule has 14 heavy (non-hydrogen) atoms. The van der Waals surface area contributed by atoms with Crippen molar-refractivity contribution < 1.29 is 9.90 Å². The number of nitrogen functional groups attached to an aromatic ring is 1. The monoisotopic (exact) mass is 195 g/mol. The number of nitrogens with zero attached hydrogens (tertiary/aromatic N) is 1. The van der Waals surface area contributed by atoms with Gasteiger partial charge in [-0.25, -0.2) is 0 Å². The van der Waals surface area contributed by atoms with Crippen LogP contribution in [0.15, 0.2) is 6.07 Å². The van der Waals surface area contributed by atoms with Crippen LogP contribution in [0, 0.1) is 0 Å². The van der Waals surface area contributed by atoms with Gasteiger partial charge < -0.3 is 10.8 Å². The molecule has 1 aliphatic rings. The zero-order valence-electron chi connectivity index (χ0n) is 7.79. The molecule has 0 saturated heterocycles. The summed E-state index contributed by atoms with van der Waals surface area (Å²) in [6.07, 6.45) is 3.24. The van der Waals surface area contributed by atoms with E-state index >= 15 is 0 Å². The zero-order valence-corrected chi connectivity index (χ0v) is 7.79. The largest absolute Gasteiger partial charge is 0.481 e. The number of nitrogens with two attached hydrogens (primary N) is 1. The summed E-state index contributed by atoms with van der Waals surface area (Å²) < 4.78 is 0. The lowest BCUT2D eigenvalue weighted by Gasteiger charge is -2.21. The number of carboxylic acid groups (broad SMARTS) is 1. The summed E-state index contributed by atoms with van der Waals surface area (Å²) >= 11 is 0. The predicted octanol–water partition coefficient (Wildman–Crippen LogP) is 0.888. The van der Waals surface area contributed by atoms with Crippen molar-refractivity contribution in [2.45, 2.75) is 31.1 Å². The van der Waals surface area contributed by atoms with Gasteiger partial charge in [0.05, 0.1) is 5.69 Å². The minimum absolute atomic E-state index is 0.354. The maximum atomic E-state index is 11.2. The molecule has 1 aromatic rings. The molecule has 76 valence electrons. The molecule has 1 heterocycles. The summed E-state index contributed by atoms with van der Waals surface area (Å²) in [5.41, 5.74) is 5.34. The molecule has 0 spiro atoms.